The molecule has 0 unspecified atom stereocenters. The maximum absolute atomic E-state index is 12.4. The van der Waals surface area contributed by atoms with Gasteiger partial charge in [0.1, 0.15) is 0 Å². The molecule has 0 bridgehead atoms. The van der Waals surface area contributed by atoms with Gasteiger partial charge < -0.3 is 10.4 Å². The molecule has 0 radical (unpaired) electrons. The van der Waals surface area contributed by atoms with Gasteiger partial charge in [-0.1, -0.05) is 48.5 Å². The molecule has 25 heavy (non-hydrogen) atoms. The van der Waals surface area contributed by atoms with Crippen molar-refractivity contribution in [3.05, 3.63) is 71.4 Å². The number of nitrogens with one attached hydrogen (secondary N) is 2. The topological polar surface area (TPSA) is 95.1 Å². The zero-order valence-corrected chi connectivity index (χ0v) is 13.6. The Morgan fingerprint density at radius 3 is 2.48 bits per heavy atom. The monoisotopic (exact) mass is 335 g/mol. The standard InChI is InChI=1S/C19H17N3O3/c1-12-17(13-7-3-2-4-8-13)18(22-21-12)20-16(23)11-14-9-5-6-10-15(14)19(24)25/h2-10H,11H2,1H3,(H,24,25)(H2,20,21,22,23). The molecule has 1 aromatic heterocycles. The average molecular weight is 335 g/mol. The molecular weight excluding hydrogens is 318 g/mol. The van der Waals surface area contributed by atoms with Gasteiger partial charge in [0, 0.05) is 11.3 Å². The second-order valence-electron chi connectivity index (χ2n) is 5.63. The summed E-state index contributed by atoms with van der Waals surface area (Å²) < 4.78 is 0. The third-order valence-electron chi connectivity index (χ3n) is 3.87. The minimum absolute atomic E-state index is 0.0391. The summed E-state index contributed by atoms with van der Waals surface area (Å²) in [6.07, 6.45) is -0.0391. The quantitative estimate of drug-likeness (QED) is 0.667. The molecule has 3 aromatic rings. The lowest BCUT2D eigenvalue weighted by atomic mass is 10.0. The van der Waals surface area contributed by atoms with Crippen LogP contribution in [-0.2, 0) is 11.2 Å². The molecule has 3 N–H and O–H groups in total. The van der Waals surface area contributed by atoms with Crippen LogP contribution in [0.2, 0.25) is 0 Å². The molecule has 1 amide bonds. The summed E-state index contributed by atoms with van der Waals surface area (Å²) in [6.45, 7) is 1.88. The third-order valence-corrected chi connectivity index (χ3v) is 3.87. The van der Waals surface area contributed by atoms with E-state index < -0.39 is 5.97 Å². The molecule has 0 spiro atoms. The van der Waals surface area contributed by atoms with E-state index >= 15 is 0 Å². The number of aromatic carboxylic acids is 1. The Kier molecular flexibility index (Phi) is 4.61. The van der Waals surface area contributed by atoms with Gasteiger partial charge in [-0.15, -0.1) is 0 Å². The molecule has 0 aliphatic carbocycles. The van der Waals surface area contributed by atoms with Crippen LogP contribution < -0.4 is 5.32 Å². The molecule has 1 heterocycles. The van der Waals surface area contributed by atoms with Gasteiger partial charge in [0.15, 0.2) is 5.82 Å². The number of carboxylic acids is 1. The molecule has 126 valence electrons. The first-order valence-electron chi connectivity index (χ1n) is 7.77. The van der Waals surface area contributed by atoms with E-state index in [-0.39, 0.29) is 17.9 Å². The van der Waals surface area contributed by atoms with Gasteiger partial charge in [-0.05, 0) is 24.1 Å². The van der Waals surface area contributed by atoms with Crippen LogP contribution in [0.25, 0.3) is 11.1 Å². The Balaban J connectivity index is 1.83. The number of carbonyl (C=O) groups is 2. The van der Waals surface area contributed by atoms with Gasteiger partial charge in [-0.2, -0.15) is 5.10 Å². The van der Waals surface area contributed by atoms with Crippen molar-refractivity contribution in [1.82, 2.24) is 10.2 Å². The number of hydrogen-bond acceptors (Lipinski definition) is 3. The number of nitrogens with zero attached hydrogens (tertiary/aromatic N) is 1. The van der Waals surface area contributed by atoms with Crippen LogP contribution in [0.1, 0.15) is 21.6 Å². The van der Waals surface area contributed by atoms with Crippen molar-refractivity contribution in [1.29, 1.82) is 0 Å². The first-order chi connectivity index (χ1) is 12.1. The van der Waals surface area contributed by atoms with Crippen LogP contribution in [0.5, 0.6) is 0 Å². The van der Waals surface area contributed by atoms with Gasteiger partial charge in [0.2, 0.25) is 5.91 Å². The van der Waals surface area contributed by atoms with E-state index in [4.69, 9.17) is 0 Å². The van der Waals surface area contributed by atoms with Gasteiger partial charge >= 0.3 is 5.97 Å². The molecule has 0 fully saturated rings. The number of aryl methyl sites for hydroxylation is 1. The normalized spacial score (nSPS) is 10.4. The minimum Gasteiger partial charge on any atom is -0.478 e. The first kappa shape index (κ1) is 16.4. The van der Waals surface area contributed by atoms with Crippen molar-refractivity contribution in [2.75, 3.05) is 5.32 Å². The third kappa shape index (κ3) is 3.58. The van der Waals surface area contributed by atoms with Crippen molar-refractivity contribution < 1.29 is 14.7 Å². The zero-order chi connectivity index (χ0) is 17.8. The minimum atomic E-state index is -1.05. The lowest BCUT2D eigenvalue weighted by molar-refractivity contribution is -0.115. The molecular formula is C19H17N3O3. The van der Waals surface area contributed by atoms with Crippen molar-refractivity contribution >= 4 is 17.7 Å². The van der Waals surface area contributed by atoms with Gasteiger partial charge in [0.25, 0.3) is 0 Å². The Morgan fingerprint density at radius 1 is 1.08 bits per heavy atom. The molecule has 3 rings (SSSR count). The van der Waals surface area contributed by atoms with Crippen LogP contribution in [0, 0.1) is 6.92 Å². The largest absolute Gasteiger partial charge is 0.478 e. The Bertz CT molecular complexity index is 917. The van der Waals surface area contributed by atoms with Gasteiger partial charge in [0.05, 0.1) is 12.0 Å². The van der Waals surface area contributed by atoms with Gasteiger partial charge in [-0.25, -0.2) is 4.79 Å². The molecule has 0 atom stereocenters. The summed E-state index contributed by atoms with van der Waals surface area (Å²) in [5.41, 5.74) is 3.18. The summed E-state index contributed by atoms with van der Waals surface area (Å²) in [5, 5.41) is 19.0. The highest BCUT2D eigenvalue weighted by Gasteiger charge is 2.17. The van der Waals surface area contributed by atoms with E-state index in [1.807, 2.05) is 37.3 Å². The second kappa shape index (κ2) is 7.00. The number of amides is 1. The van der Waals surface area contributed by atoms with Crippen molar-refractivity contribution in [3.8, 4) is 11.1 Å². The SMILES string of the molecule is Cc1[nH]nc(NC(=O)Cc2ccccc2C(=O)O)c1-c1ccccc1. The summed E-state index contributed by atoms with van der Waals surface area (Å²) in [5.74, 6) is -0.942. The van der Waals surface area contributed by atoms with E-state index in [2.05, 4.69) is 15.5 Å². The van der Waals surface area contributed by atoms with E-state index in [9.17, 15) is 14.7 Å². The highest BCUT2D eigenvalue weighted by molar-refractivity contribution is 5.98. The fourth-order valence-electron chi connectivity index (χ4n) is 2.71. The number of anilines is 1. The first-order valence-corrected chi connectivity index (χ1v) is 7.77. The molecule has 0 saturated heterocycles. The van der Waals surface area contributed by atoms with E-state index in [0.717, 1.165) is 16.8 Å². The average Bonchev–Trinajstić information content (AvgIpc) is 2.96. The molecule has 0 aliphatic heterocycles. The van der Waals surface area contributed by atoms with Gasteiger partial charge in [-0.3, -0.25) is 9.89 Å². The number of carbonyl (C=O) groups excluding carboxylic acids is 1. The lowest BCUT2D eigenvalue weighted by Crippen LogP contribution is -2.17. The Hall–Kier alpha value is -3.41. The predicted octanol–water partition coefficient (Wildman–Crippen LogP) is 3.26. The highest BCUT2D eigenvalue weighted by Crippen LogP contribution is 2.29. The van der Waals surface area contributed by atoms with Crippen LogP contribution in [-0.4, -0.2) is 27.2 Å². The summed E-state index contributed by atoms with van der Waals surface area (Å²) in [7, 11) is 0. The molecule has 0 saturated carbocycles. The van der Waals surface area contributed by atoms with Crippen molar-refractivity contribution in [2.45, 2.75) is 13.3 Å². The molecule has 6 heteroatoms. The Labute approximate surface area is 144 Å². The smallest absolute Gasteiger partial charge is 0.335 e. The van der Waals surface area contributed by atoms with Crippen LogP contribution >= 0.6 is 0 Å². The summed E-state index contributed by atoms with van der Waals surface area (Å²) in [4.78, 5) is 23.6. The number of rotatable bonds is 5. The maximum atomic E-state index is 12.4. The molecule has 6 nitrogen and oxygen atoms in total. The number of H-pyrrole nitrogens is 1. The zero-order valence-electron chi connectivity index (χ0n) is 13.6. The number of carboxylic acid groups (broad SMARTS) is 1. The second-order valence-corrected chi connectivity index (χ2v) is 5.63. The highest BCUT2D eigenvalue weighted by atomic mass is 16.4. The predicted molar refractivity (Wildman–Crippen MR) is 94.5 cm³/mol. The molecule has 0 aliphatic rings. The Morgan fingerprint density at radius 2 is 1.76 bits per heavy atom. The van der Waals surface area contributed by atoms with Crippen LogP contribution in [0.4, 0.5) is 5.82 Å². The van der Waals surface area contributed by atoms with Crippen LogP contribution in [0.15, 0.2) is 54.6 Å². The number of aromatic amines is 1. The summed E-state index contributed by atoms with van der Waals surface area (Å²) >= 11 is 0. The van der Waals surface area contributed by atoms with Crippen molar-refractivity contribution in [2.24, 2.45) is 0 Å². The van der Waals surface area contributed by atoms with Crippen LogP contribution in [0.3, 0.4) is 0 Å². The fraction of sp³-hybridized carbons (Fsp3) is 0.105. The number of aromatic nitrogens is 2. The van der Waals surface area contributed by atoms with Crippen molar-refractivity contribution in [3.63, 3.8) is 0 Å². The van der Waals surface area contributed by atoms with E-state index in [0.29, 0.717) is 11.4 Å². The fourth-order valence-corrected chi connectivity index (χ4v) is 2.71. The maximum Gasteiger partial charge on any atom is 0.335 e. The molecule has 2 aromatic carbocycles. The summed E-state index contributed by atoms with van der Waals surface area (Å²) in [6, 6.07) is 16.1. The lowest BCUT2D eigenvalue weighted by Gasteiger charge is -2.08. The van der Waals surface area contributed by atoms with E-state index in [1.54, 1.807) is 18.2 Å². The number of benzene rings is 2. The van der Waals surface area contributed by atoms with E-state index in [1.165, 1.54) is 6.07 Å². The number of hydrogen-bond donors (Lipinski definition) is 3.